The van der Waals surface area contributed by atoms with E-state index in [9.17, 15) is 0 Å². The number of aryl methyl sites for hydroxylation is 1. The molecule has 0 aliphatic heterocycles. The normalized spacial score (nSPS) is 10.5. The van der Waals surface area contributed by atoms with Gasteiger partial charge in [0.2, 0.25) is 5.76 Å². The number of furan rings is 1. The summed E-state index contributed by atoms with van der Waals surface area (Å²) in [4.78, 5) is 0. The smallest absolute Gasteiger partial charge is 0.246 e. The lowest BCUT2D eigenvalue weighted by Gasteiger charge is -2.07. The molecule has 3 rings (SSSR count). The highest BCUT2D eigenvalue weighted by Crippen LogP contribution is 2.33. The fourth-order valence-electron chi connectivity index (χ4n) is 2.16. The van der Waals surface area contributed by atoms with Gasteiger partial charge in [-0.25, -0.2) is 0 Å². The number of rotatable bonds is 3. The number of halogens is 1. The zero-order chi connectivity index (χ0) is 14.8. The second-order valence-corrected chi connectivity index (χ2v) is 5.16. The lowest BCUT2D eigenvalue weighted by Crippen LogP contribution is -1.97. The molecule has 104 valence electrons. The summed E-state index contributed by atoms with van der Waals surface area (Å²) in [6.07, 6.45) is 0. The van der Waals surface area contributed by atoms with E-state index in [-0.39, 0.29) is 12.4 Å². The Morgan fingerprint density at radius 3 is 2.81 bits per heavy atom. The molecule has 0 N–H and O–H groups in total. The van der Waals surface area contributed by atoms with Gasteiger partial charge in [-0.3, -0.25) is 0 Å². The Kier molecular flexibility index (Phi) is 3.55. The first-order chi connectivity index (χ1) is 10.2. The van der Waals surface area contributed by atoms with Crippen LogP contribution in [0, 0.1) is 18.3 Å². The maximum atomic E-state index is 9.16. The molecule has 3 nitrogen and oxygen atoms in total. The van der Waals surface area contributed by atoms with Crippen molar-refractivity contribution in [3.63, 3.8) is 0 Å². The van der Waals surface area contributed by atoms with Gasteiger partial charge in [-0.2, -0.15) is 5.26 Å². The average molecular weight is 298 g/mol. The zero-order valence-electron chi connectivity index (χ0n) is 11.4. The number of hydrogen-bond donors (Lipinski definition) is 0. The van der Waals surface area contributed by atoms with Crippen LogP contribution in [0.25, 0.3) is 11.0 Å². The van der Waals surface area contributed by atoms with Gasteiger partial charge in [-0.05, 0) is 30.7 Å². The fraction of sp³-hybridized carbons (Fsp3) is 0.118. The molecule has 0 aliphatic carbocycles. The van der Waals surface area contributed by atoms with Crippen LogP contribution in [0.4, 0.5) is 0 Å². The first-order valence-corrected chi connectivity index (χ1v) is 6.86. The molecule has 3 aromatic rings. The highest BCUT2D eigenvalue weighted by Gasteiger charge is 2.15. The molecule has 0 unspecified atom stereocenters. The molecule has 4 heteroatoms. The minimum atomic E-state index is 0.180. The highest BCUT2D eigenvalue weighted by atomic mass is 35.5. The summed E-state index contributed by atoms with van der Waals surface area (Å²) in [6, 6.07) is 15.2. The second-order valence-electron chi connectivity index (χ2n) is 4.75. The number of para-hydroxylation sites is 1. The summed E-state index contributed by atoms with van der Waals surface area (Å²) in [6.45, 7) is 2.27. The van der Waals surface area contributed by atoms with Gasteiger partial charge >= 0.3 is 0 Å². The van der Waals surface area contributed by atoms with Gasteiger partial charge in [0.25, 0.3) is 0 Å². The quantitative estimate of drug-likeness (QED) is 0.694. The third-order valence-electron chi connectivity index (χ3n) is 3.23. The minimum Gasteiger partial charge on any atom is -0.483 e. The van der Waals surface area contributed by atoms with Gasteiger partial charge in [0.1, 0.15) is 18.3 Å². The maximum absolute atomic E-state index is 9.16. The molecule has 0 atom stereocenters. The van der Waals surface area contributed by atoms with Crippen LogP contribution in [-0.4, -0.2) is 0 Å². The van der Waals surface area contributed by atoms with E-state index in [1.807, 2.05) is 55.5 Å². The van der Waals surface area contributed by atoms with Crippen molar-refractivity contribution in [2.24, 2.45) is 0 Å². The molecule has 0 aliphatic rings. The summed E-state index contributed by atoms with van der Waals surface area (Å²) in [5.74, 6) is 0.643. The summed E-state index contributed by atoms with van der Waals surface area (Å²) in [7, 11) is 0. The molecule has 0 bridgehead atoms. The molecule has 0 amide bonds. The number of nitriles is 1. The maximum Gasteiger partial charge on any atom is 0.246 e. The molecule has 0 fully saturated rings. The van der Waals surface area contributed by atoms with Crippen LogP contribution in [-0.2, 0) is 6.61 Å². The SMILES string of the molecule is Cc1ccc(COc2c(C#N)oc3ccccc23)c(Cl)c1. The average Bonchev–Trinajstić information content (AvgIpc) is 2.84. The van der Waals surface area contributed by atoms with Crippen LogP contribution in [0.3, 0.4) is 0 Å². The van der Waals surface area contributed by atoms with Crippen molar-refractivity contribution in [1.29, 1.82) is 5.26 Å². The number of benzene rings is 2. The largest absolute Gasteiger partial charge is 0.483 e. The topological polar surface area (TPSA) is 46.2 Å². The summed E-state index contributed by atoms with van der Waals surface area (Å²) in [5.41, 5.74) is 2.60. The highest BCUT2D eigenvalue weighted by molar-refractivity contribution is 6.31. The molecule has 21 heavy (non-hydrogen) atoms. The van der Waals surface area contributed by atoms with Crippen molar-refractivity contribution in [3.8, 4) is 11.8 Å². The first-order valence-electron chi connectivity index (χ1n) is 6.48. The Labute approximate surface area is 127 Å². The Hall–Kier alpha value is -2.44. The lowest BCUT2D eigenvalue weighted by molar-refractivity contribution is 0.304. The van der Waals surface area contributed by atoms with Crippen molar-refractivity contribution in [3.05, 3.63) is 64.4 Å². The Balaban J connectivity index is 1.93. The summed E-state index contributed by atoms with van der Waals surface area (Å²) >= 11 is 6.19. The Morgan fingerprint density at radius 2 is 2.05 bits per heavy atom. The van der Waals surface area contributed by atoms with Crippen LogP contribution >= 0.6 is 11.6 Å². The van der Waals surface area contributed by atoms with E-state index in [0.29, 0.717) is 16.4 Å². The number of ether oxygens (including phenoxy) is 1. The standard InChI is InChI=1S/C17H12ClNO2/c1-11-6-7-12(14(18)8-11)10-20-17-13-4-2-3-5-15(13)21-16(17)9-19/h2-8H,10H2,1H3. The Morgan fingerprint density at radius 1 is 1.24 bits per heavy atom. The molecular formula is C17H12ClNO2. The van der Waals surface area contributed by atoms with Crippen LogP contribution in [0.5, 0.6) is 5.75 Å². The van der Waals surface area contributed by atoms with Gasteiger partial charge in [-0.1, -0.05) is 35.9 Å². The predicted octanol–water partition coefficient (Wildman–Crippen LogP) is 4.85. The molecular weight excluding hydrogens is 286 g/mol. The molecule has 0 saturated carbocycles. The van der Waals surface area contributed by atoms with E-state index >= 15 is 0 Å². The minimum absolute atomic E-state index is 0.180. The zero-order valence-corrected chi connectivity index (χ0v) is 12.1. The molecule has 1 aromatic heterocycles. The summed E-state index contributed by atoms with van der Waals surface area (Å²) in [5, 5.41) is 10.6. The first kappa shape index (κ1) is 13.5. The van der Waals surface area contributed by atoms with E-state index in [1.54, 1.807) is 0 Å². The van der Waals surface area contributed by atoms with Crippen molar-refractivity contribution in [2.75, 3.05) is 0 Å². The van der Waals surface area contributed by atoms with Gasteiger partial charge in [0.05, 0.1) is 5.39 Å². The van der Waals surface area contributed by atoms with Crippen molar-refractivity contribution >= 4 is 22.6 Å². The van der Waals surface area contributed by atoms with Crippen molar-refractivity contribution in [2.45, 2.75) is 13.5 Å². The molecule has 0 spiro atoms. The molecule has 0 saturated heterocycles. The second kappa shape index (κ2) is 5.51. The van der Waals surface area contributed by atoms with Gasteiger partial charge < -0.3 is 9.15 Å². The molecule has 0 radical (unpaired) electrons. The number of fused-ring (bicyclic) bond motifs is 1. The monoisotopic (exact) mass is 297 g/mol. The van der Waals surface area contributed by atoms with E-state index in [1.165, 1.54) is 0 Å². The van der Waals surface area contributed by atoms with Crippen LogP contribution in [0.1, 0.15) is 16.9 Å². The van der Waals surface area contributed by atoms with Crippen molar-refractivity contribution in [1.82, 2.24) is 0 Å². The third-order valence-corrected chi connectivity index (χ3v) is 3.58. The van der Waals surface area contributed by atoms with E-state index < -0.39 is 0 Å². The Bertz CT molecular complexity index is 846. The van der Waals surface area contributed by atoms with Gasteiger partial charge in [0.15, 0.2) is 5.75 Å². The van der Waals surface area contributed by atoms with E-state index in [0.717, 1.165) is 16.5 Å². The lowest BCUT2D eigenvalue weighted by atomic mass is 10.1. The van der Waals surface area contributed by atoms with E-state index in [2.05, 4.69) is 0 Å². The van der Waals surface area contributed by atoms with E-state index in [4.69, 9.17) is 26.0 Å². The van der Waals surface area contributed by atoms with Gasteiger partial charge in [0, 0.05) is 10.6 Å². The third kappa shape index (κ3) is 2.58. The van der Waals surface area contributed by atoms with Crippen LogP contribution in [0.15, 0.2) is 46.9 Å². The van der Waals surface area contributed by atoms with Gasteiger partial charge in [-0.15, -0.1) is 0 Å². The van der Waals surface area contributed by atoms with Crippen molar-refractivity contribution < 1.29 is 9.15 Å². The molecule has 2 aromatic carbocycles. The van der Waals surface area contributed by atoms with Crippen LogP contribution in [0.2, 0.25) is 5.02 Å². The molecule has 1 heterocycles. The predicted molar refractivity (Wildman–Crippen MR) is 81.5 cm³/mol. The fourth-order valence-corrected chi connectivity index (χ4v) is 2.45. The number of hydrogen-bond acceptors (Lipinski definition) is 3. The summed E-state index contributed by atoms with van der Waals surface area (Å²) < 4.78 is 11.3. The van der Waals surface area contributed by atoms with Crippen LogP contribution < -0.4 is 4.74 Å². The number of nitrogens with zero attached hydrogens (tertiary/aromatic N) is 1.